The number of rotatable bonds is 7. The fourth-order valence-electron chi connectivity index (χ4n) is 2.58. The Bertz CT molecular complexity index is 970. The lowest BCUT2D eigenvalue weighted by molar-refractivity contribution is -0.137. The minimum Gasteiger partial charge on any atom is -0.481 e. The Morgan fingerprint density at radius 2 is 1.82 bits per heavy atom. The van der Waals surface area contributed by atoms with E-state index in [9.17, 15) is 14.0 Å². The SMILES string of the molecule is O=C(O)CCCc1ccc(NC(=O)n2ccc(Nc3ccccc3F)n2)cc1. The van der Waals surface area contributed by atoms with Crippen LogP contribution in [0.3, 0.4) is 0 Å². The number of amides is 1. The van der Waals surface area contributed by atoms with Gasteiger partial charge in [0.05, 0.1) is 5.69 Å². The minimum atomic E-state index is -0.813. The van der Waals surface area contributed by atoms with Crippen LogP contribution in [0.15, 0.2) is 60.8 Å². The van der Waals surface area contributed by atoms with Gasteiger partial charge in [-0.2, -0.15) is 4.68 Å². The third kappa shape index (κ3) is 5.16. The number of halogens is 1. The van der Waals surface area contributed by atoms with Crippen molar-refractivity contribution in [3.05, 3.63) is 72.2 Å². The molecule has 1 heterocycles. The number of carbonyl (C=O) groups is 2. The lowest BCUT2D eigenvalue weighted by Crippen LogP contribution is -2.20. The van der Waals surface area contributed by atoms with Crippen molar-refractivity contribution in [3.63, 3.8) is 0 Å². The molecular formula is C20H19FN4O3. The summed E-state index contributed by atoms with van der Waals surface area (Å²) in [6, 6.07) is 14.5. The zero-order valence-electron chi connectivity index (χ0n) is 14.9. The number of carboxylic acid groups (broad SMARTS) is 1. The van der Waals surface area contributed by atoms with Gasteiger partial charge in [-0.1, -0.05) is 24.3 Å². The fourth-order valence-corrected chi connectivity index (χ4v) is 2.58. The van der Waals surface area contributed by atoms with Gasteiger partial charge in [0, 0.05) is 24.4 Å². The van der Waals surface area contributed by atoms with Crippen molar-refractivity contribution in [2.45, 2.75) is 19.3 Å². The summed E-state index contributed by atoms with van der Waals surface area (Å²) in [5.74, 6) is -0.883. The molecule has 0 fully saturated rings. The van der Waals surface area contributed by atoms with Crippen LogP contribution >= 0.6 is 0 Å². The number of nitrogens with one attached hydrogen (secondary N) is 2. The number of carboxylic acids is 1. The number of anilines is 3. The highest BCUT2D eigenvalue weighted by Crippen LogP contribution is 2.18. The number of hydrogen-bond acceptors (Lipinski definition) is 4. The average molecular weight is 382 g/mol. The van der Waals surface area contributed by atoms with Gasteiger partial charge in [0.15, 0.2) is 5.82 Å². The molecule has 0 spiro atoms. The summed E-state index contributed by atoms with van der Waals surface area (Å²) in [5, 5.41) is 18.3. The third-order valence-electron chi connectivity index (χ3n) is 4.00. The minimum absolute atomic E-state index is 0.126. The van der Waals surface area contributed by atoms with E-state index in [0.717, 1.165) is 10.2 Å². The number of aryl methyl sites for hydroxylation is 1. The summed E-state index contributed by atoms with van der Waals surface area (Å²) in [5.41, 5.74) is 1.85. The molecule has 144 valence electrons. The molecule has 1 amide bonds. The van der Waals surface area contributed by atoms with Gasteiger partial charge < -0.3 is 15.7 Å². The molecule has 0 aliphatic carbocycles. The number of aliphatic carboxylic acids is 1. The second-order valence-electron chi connectivity index (χ2n) is 6.12. The second-order valence-corrected chi connectivity index (χ2v) is 6.12. The predicted octanol–water partition coefficient (Wildman–Crippen LogP) is 4.25. The van der Waals surface area contributed by atoms with Gasteiger partial charge in [-0.15, -0.1) is 5.10 Å². The zero-order chi connectivity index (χ0) is 19.9. The van der Waals surface area contributed by atoms with Gasteiger partial charge >= 0.3 is 12.0 Å². The molecule has 3 rings (SSSR count). The first-order valence-corrected chi connectivity index (χ1v) is 8.70. The smallest absolute Gasteiger partial charge is 0.346 e. The highest BCUT2D eigenvalue weighted by molar-refractivity contribution is 5.90. The lowest BCUT2D eigenvalue weighted by atomic mass is 10.1. The largest absolute Gasteiger partial charge is 0.481 e. The van der Waals surface area contributed by atoms with Crippen LogP contribution in [0.25, 0.3) is 0 Å². The van der Waals surface area contributed by atoms with Crippen molar-refractivity contribution in [1.29, 1.82) is 0 Å². The van der Waals surface area contributed by atoms with Crippen LogP contribution in [0, 0.1) is 5.82 Å². The number of aromatic nitrogens is 2. The summed E-state index contributed by atoms with van der Waals surface area (Å²) in [6.07, 6.45) is 2.82. The van der Waals surface area contributed by atoms with Crippen LogP contribution < -0.4 is 10.6 Å². The number of carbonyl (C=O) groups excluding carboxylic acids is 1. The molecular weight excluding hydrogens is 363 g/mol. The Labute approximate surface area is 160 Å². The maximum atomic E-state index is 13.7. The Morgan fingerprint density at radius 1 is 1.07 bits per heavy atom. The van der Waals surface area contributed by atoms with Crippen molar-refractivity contribution < 1.29 is 19.1 Å². The van der Waals surface area contributed by atoms with Gasteiger partial charge in [0.2, 0.25) is 0 Å². The quantitative estimate of drug-likeness (QED) is 0.568. The normalized spacial score (nSPS) is 10.5. The molecule has 2 aromatic carbocycles. The van der Waals surface area contributed by atoms with Crippen LogP contribution in [-0.4, -0.2) is 26.9 Å². The average Bonchev–Trinajstić information content (AvgIpc) is 3.13. The summed E-state index contributed by atoms with van der Waals surface area (Å²) < 4.78 is 14.8. The second kappa shape index (κ2) is 8.81. The van der Waals surface area contributed by atoms with Crippen molar-refractivity contribution in [2.24, 2.45) is 0 Å². The van der Waals surface area contributed by atoms with Gasteiger partial charge in [-0.05, 0) is 42.7 Å². The summed E-state index contributed by atoms with van der Waals surface area (Å²) in [4.78, 5) is 22.8. The maximum Gasteiger partial charge on any atom is 0.346 e. The lowest BCUT2D eigenvalue weighted by Gasteiger charge is -2.07. The van der Waals surface area contributed by atoms with E-state index in [1.54, 1.807) is 36.4 Å². The highest BCUT2D eigenvalue weighted by atomic mass is 19.1. The molecule has 3 aromatic rings. The molecule has 0 unspecified atom stereocenters. The van der Waals surface area contributed by atoms with E-state index in [2.05, 4.69) is 15.7 Å². The zero-order valence-corrected chi connectivity index (χ0v) is 14.9. The van der Waals surface area contributed by atoms with E-state index in [4.69, 9.17) is 5.11 Å². The first-order chi connectivity index (χ1) is 13.5. The van der Waals surface area contributed by atoms with Crippen LogP contribution in [0.4, 0.5) is 26.4 Å². The molecule has 0 saturated heterocycles. The molecule has 28 heavy (non-hydrogen) atoms. The van der Waals surface area contributed by atoms with Crippen molar-refractivity contribution in [1.82, 2.24) is 9.78 Å². The molecule has 3 N–H and O–H groups in total. The summed E-state index contributed by atoms with van der Waals surface area (Å²) in [6.45, 7) is 0. The Hall–Kier alpha value is -3.68. The molecule has 0 radical (unpaired) electrons. The first kappa shape index (κ1) is 19.1. The predicted molar refractivity (Wildman–Crippen MR) is 103 cm³/mol. The van der Waals surface area contributed by atoms with E-state index in [1.807, 2.05) is 12.1 Å². The van der Waals surface area contributed by atoms with Crippen LogP contribution in [0.2, 0.25) is 0 Å². The van der Waals surface area contributed by atoms with Gasteiger partial charge in [0.25, 0.3) is 0 Å². The molecule has 0 aliphatic rings. The van der Waals surface area contributed by atoms with Gasteiger partial charge in [-0.3, -0.25) is 4.79 Å². The van der Waals surface area contributed by atoms with E-state index in [0.29, 0.717) is 24.3 Å². The Morgan fingerprint density at radius 3 is 2.54 bits per heavy atom. The molecule has 8 heteroatoms. The van der Waals surface area contributed by atoms with Crippen molar-refractivity contribution >= 4 is 29.2 Å². The fraction of sp³-hybridized carbons (Fsp3) is 0.150. The van der Waals surface area contributed by atoms with Crippen molar-refractivity contribution in [3.8, 4) is 0 Å². The number of para-hydroxylation sites is 1. The van der Waals surface area contributed by atoms with Crippen LogP contribution in [0.1, 0.15) is 18.4 Å². The van der Waals surface area contributed by atoms with Crippen molar-refractivity contribution in [2.75, 3.05) is 10.6 Å². The van der Waals surface area contributed by atoms with E-state index in [1.165, 1.54) is 12.3 Å². The molecule has 0 aliphatic heterocycles. The number of nitrogens with zero attached hydrogens (tertiary/aromatic N) is 2. The Balaban J connectivity index is 1.57. The molecule has 0 bridgehead atoms. The van der Waals surface area contributed by atoms with Gasteiger partial charge in [0.1, 0.15) is 5.82 Å². The van der Waals surface area contributed by atoms with E-state index >= 15 is 0 Å². The molecule has 0 saturated carbocycles. The van der Waals surface area contributed by atoms with Crippen LogP contribution in [-0.2, 0) is 11.2 Å². The highest BCUT2D eigenvalue weighted by Gasteiger charge is 2.09. The summed E-state index contributed by atoms with van der Waals surface area (Å²) >= 11 is 0. The summed E-state index contributed by atoms with van der Waals surface area (Å²) in [7, 11) is 0. The molecule has 0 atom stereocenters. The van der Waals surface area contributed by atoms with Gasteiger partial charge in [-0.25, -0.2) is 9.18 Å². The molecule has 1 aromatic heterocycles. The Kier molecular flexibility index (Phi) is 6.01. The topological polar surface area (TPSA) is 96.3 Å². The third-order valence-corrected chi connectivity index (χ3v) is 4.00. The van der Waals surface area contributed by atoms with E-state index < -0.39 is 17.8 Å². The van der Waals surface area contributed by atoms with Crippen LogP contribution in [0.5, 0.6) is 0 Å². The monoisotopic (exact) mass is 382 g/mol. The number of benzene rings is 2. The first-order valence-electron chi connectivity index (χ1n) is 8.70. The maximum absolute atomic E-state index is 13.7. The molecule has 7 nitrogen and oxygen atoms in total. The standard InChI is InChI=1S/C20H19FN4O3/c21-16-5-1-2-6-17(16)23-18-12-13-25(24-18)20(28)22-15-10-8-14(9-11-15)4-3-7-19(26)27/h1-2,5-6,8-13H,3-4,7H2,(H,22,28)(H,23,24)(H,26,27). The number of hydrogen-bond donors (Lipinski definition) is 3. The van der Waals surface area contributed by atoms with E-state index in [-0.39, 0.29) is 12.1 Å².